The van der Waals surface area contributed by atoms with Crippen molar-refractivity contribution in [3.63, 3.8) is 0 Å². The van der Waals surface area contributed by atoms with Crippen molar-refractivity contribution in [2.75, 3.05) is 20.1 Å². The summed E-state index contributed by atoms with van der Waals surface area (Å²) in [6.45, 7) is 4.62. The van der Waals surface area contributed by atoms with Crippen molar-refractivity contribution in [2.24, 2.45) is 0 Å². The summed E-state index contributed by atoms with van der Waals surface area (Å²) in [7, 11) is 2.22. The van der Waals surface area contributed by atoms with Gasteiger partial charge in [0.15, 0.2) is 0 Å². The minimum absolute atomic E-state index is 0.322. The molecule has 0 aromatic rings. The highest BCUT2D eigenvalue weighted by Crippen LogP contribution is 2.34. The normalized spacial score (nSPS) is 22.2. The number of hydrogen-bond donors (Lipinski definition) is 1. The van der Waals surface area contributed by atoms with Crippen molar-refractivity contribution in [3.05, 3.63) is 0 Å². The van der Waals surface area contributed by atoms with Crippen molar-refractivity contribution in [2.45, 2.75) is 50.2 Å². The Kier molecular flexibility index (Phi) is 4.60. The van der Waals surface area contributed by atoms with Gasteiger partial charge in [-0.25, -0.2) is 0 Å². The molecule has 1 aliphatic rings. The zero-order chi connectivity index (χ0) is 9.73. The van der Waals surface area contributed by atoms with Crippen LogP contribution in [-0.4, -0.2) is 29.8 Å². The zero-order valence-corrected chi connectivity index (χ0v) is 9.95. The van der Waals surface area contributed by atoms with E-state index in [-0.39, 0.29) is 0 Å². The van der Waals surface area contributed by atoms with Gasteiger partial charge in [-0.1, -0.05) is 26.2 Å². The van der Waals surface area contributed by atoms with Gasteiger partial charge in [0.1, 0.15) is 0 Å². The average molecular weight is 201 g/mol. The standard InChI is InChI=1S/C11H23NS/c1-3-9-12(2)10-11(13)7-5-4-6-8-11/h13H,3-10H2,1-2H3. The molecule has 13 heavy (non-hydrogen) atoms. The topological polar surface area (TPSA) is 3.24 Å². The first-order valence-electron chi connectivity index (χ1n) is 5.57. The monoisotopic (exact) mass is 201 g/mol. The van der Waals surface area contributed by atoms with E-state index in [0.29, 0.717) is 4.75 Å². The lowest BCUT2D eigenvalue weighted by Gasteiger charge is -2.36. The van der Waals surface area contributed by atoms with E-state index in [1.54, 1.807) is 0 Å². The first-order chi connectivity index (χ1) is 6.16. The molecule has 1 nitrogen and oxygen atoms in total. The van der Waals surface area contributed by atoms with Crippen LogP contribution in [0.2, 0.25) is 0 Å². The maximum absolute atomic E-state index is 4.84. The smallest absolute Gasteiger partial charge is 0.0256 e. The van der Waals surface area contributed by atoms with Crippen LogP contribution in [0.4, 0.5) is 0 Å². The van der Waals surface area contributed by atoms with Gasteiger partial charge in [-0.05, 0) is 32.9 Å². The highest BCUT2D eigenvalue weighted by molar-refractivity contribution is 7.81. The van der Waals surface area contributed by atoms with Crippen molar-refractivity contribution < 1.29 is 0 Å². The van der Waals surface area contributed by atoms with Gasteiger partial charge in [-0.3, -0.25) is 0 Å². The van der Waals surface area contributed by atoms with Gasteiger partial charge in [0, 0.05) is 11.3 Å². The van der Waals surface area contributed by atoms with Gasteiger partial charge in [0.25, 0.3) is 0 Å². The molecule has 1 aliphatic carbocycles. The largest absolute Gasteiger partial charge is 0.305 e. The second kappa shape index (κ2) is 5.26. The Morgan fingerprint density at radius 2 is 1.85 bits per heavy atom. The van der Waals surface area contributed by atoms with Crippen LogP contribution in [0.5, 0.6) is 0 Å². The molecule has 0 aromatic carbocycles. The maximum Gasteiger partial charge on any atom is 0.0256 e. The molecule has 2 heteroatoms. The third kappa shape index (κ3) is 3.90. The van der Waals surface area contributed by atoms with Crippen LogP contribution in [0, 0.1) is 0 Å². The Balaban J connectivity index is 2.31. The number of nitrogens with zero attached hydrogens (tertiary/aromatic N) is 1. The molecule has 0 N–H and O–H groups in total. The molecule has 0 heterocycles. The molecule has 0 aliphatic heterocycles. The van der Waals surface area contributed by atoms with E-state index in [9.17, 15) is 0 Å². The molecule has 0 radical (unpaired) electrons. The van der Waals surface area contributed by atoms with E-state index >= 15 is 0 Å². The molecule has 0 atom stereocenters. The van der Waals surface area contributed by atoms with Crippen molar-refractivity contribution >= 4 is 12.6 Å². The summed E-state index contributed by atoms with van der Waals surface area (Å²) in [6, 6.07) is 0. The van der Waals surface area contributed by atoms with Crippen molar-refractivity contribution in [1.82, 2.24) is 4.90 Å². The minimum atomic E-state index is 0.322. The van der Waals surface area contributed by atoms with Crippen molar-refractivity contribution in [1.29, 1.82) is 0 Å². The molecule has 0 amide bonds. The highest BCUT2D eigenvalue weighted by atomic mass is 32.1. The van der Waals surface area contributed by atoms with Gasteiger partial charge in [0.2, 0.25) is 0 Å². The summed E-state index contributed by atoms with van der Waals surface area (Å²) in [6.07, 6.45) is 8.04. The fourth-order valence-electron chi connectivity index (χ4n) is 2.33. The Bertz CT molecular complexity index is 141. The summed E-state index contributed by atoms with van der Waals surface area (Å²) in [5.74, 6) is 0. The van der Waals surface area contributed by atoms with Gasteiger partial charge >= 0.3 is 0 Å². The Morgan fingerprint density at radius 3 is 2.38 bits per heavy atom. The van der Waals surface area contributed by atoms with E-state index in [1.807, 2.05) is 0 Å². The molecule has 78 valence electrons. The number of rotatable bonds is 4. The van der Waals surface area contributed by atoms with Gasteiger partial charge in [0.05, 0.1) is 0 Å². The Labute approximate surface area is 88.3 Å². The lowest BCUT2D eigenvalue weighted by molar-refractivity contribution is 0.259. The van der Waals surface area contributed by atoms with Crippen LogP contribution in [0.1, 0.15) is 45.4 Å². The predicted octanol–water partition coefficient (Wildman–Crippen LogP) is 2.96. The van der Waals surface area contributed by atoms with Gasteiger partial charge in [-0.15, -0.1) is 0 Å². The number of hydrogen-bond acceptors (Lipinski definition) is 2. The molecule has 1 saturated carbocycles. The Hall–Kier alpha value is 0.310. The summed E-state index contributed by atoms with van der Waals surface area (Å²) in [5.41, 5.74) is 0. The molecule has 0 bridgehead atoms. The van der Waals surface area contributed by atoms with Gasteiger partial charge in [-0.2, -0.15) is 12.6 Å². The maximum atomic E-state index is 4.84. The fraction of sp³-hybridized carbons (Fsp3) is 1.00. The minimum Gasteiger partial charge on any atom is -0.305 e. The molecule has 0 aromatic heterocycles. The highest BCUT2D eigenvalue weighted by Gasteiger charge is 2.28. The fourth-order valence-corrected chi connectivity index (χ4v) is 2.89. The van der Waals surface area contributed by atoms with Crippen LogP contribution in [-0.2, 0) is 0 Å². The summed E-state index contributed by atoms with van der Waals surface area (Å²) < 4.78 is 0.322. The van der Waals surface area contributed by atoms with Crippen LogP contribution in [0.25, 0.3) is 0 Å². The quantitative estimate of drug-likeness (QED) is 0.684. The van der Waals surface area contributed by atoms with Crippen LogP contribution < -0.4 is 0 Å². The second-order valence-electron chi connectivity index (χ2n) is 4.52. The molecule has 0 unspecified atom stereocenters. The predicted molar refractivity (Wildman–Crippen MR) is 62.6 cm³/mol. The SMILES string of the molecule is CCCN(C)CC1(S)CCCCC1. The van der Waals surface area contributed by atoms with E-state index in [1.165, 1.54) is 51.6 Å². The molecule has 1 rings (SSSR count). The van der Waals surface area contributed by atoms with E-state index in [2.05, 4.69) is 18.9 Å². The molecular formula is C11H23NS. The average Bonchev–Trinajstić information content (AvgIpc) is 2.04. The second-order valence-corrected chi connectivity index (χ2v) is 5.47. The van der Waals surface area contributed by atoms with E-state index in [4.69, 9.17) is 12.6 Å². The summed E-state index contributed by atoms with van der Waals surface area (Å²) in [5, 5.41) is 0. The summed E-state index contributed by atoms with van der Waals surface area (Å²) in [4.78, 5) is 2.43. The zero-order valence-electron chi connectivity index (χ0n) is 9.05. The first kappa shape index (κ1) is 11.4. The molecule has 1 fully saturated rings. The number of thiol groups is 1. The van der Waals surface area contributed by atoms with Crippen molar-refractivity contribution in [3.8, 4) is 0 Å². The van der Waals surface area contributed by atoms with E-state index < -0.39 is 0 Å². The molecule has 0 saturated heterocycles. The third-order valence-electron chi connectivity index (χ3n) is 2.95. The lowest BCUT2D eigenvalue weighted by atomic mass is 9.88. The first-order valence-corrected chi connectivity index (χ1v) is 6.02. The molecule has 0 spiro atoms. The molecular weight excluding hydrogens is 178 g/mol. The lowest BCUT2D eigenvalue weighted by Crippen LogP contribution is -2.38. The Morgan fingerprint density at radius 1 is 1.23 bits per heavy atom. The van der Waals surface area contributed by atoms with Crippen LogP contribution in [0.15, 0.2) is 0 Å². The van der Waals surface area contributed by atoms with Gasteiger partial charge < -0.3 is 4.90 Å². The van der Waals surface area contributed by atoms with Crippen LogP contribution in [0.3, 0.4) is 0 Å². The third-order valence-corrected chi connectivity index (χ3v) is 3.54. The van der Waals surface area contributed by atoms with E-state index in [0.717, 1.165) is 0 Å². The van der Waals surface area contributed by atoms with Crippen LogP contribution >= 0.6 is 12.6 Å². The summed E-state index contributed by atoms with van der Waals surface area (Å²) >= 11 is 4.84.